The highest BCUT2D eigenvalue weighted by Gasteiger charge is 2.34. The van der Waals surface area contributed by atoms with E-state index in [4.69, 9.17) is 0 Å². The monoisotopic (exact) mass is 516 g/mol. The number of piperidine rings is 1. The van der Waals surface area contributed by atoms with Gasteiger partial charge >= 0.3 is 6.36 Å². The molecule has 2 N–H and O–H groups in total. The molecule has 1 saturated heterocycles. The molecule has 2 fully saturated rings. The first-order valence-electron chi connectivity index (χ1n) is 12.8. The molecule has 1 amide bonds. The van der Waals surface area contributed by atoms with Gasteiger partial charge in [0.15, 0.2) is 0 Å². The quantitative estimate of drug-likeness (QED) is 0.456. The van der Waals surface area contributed by atoms with Gasteiger partial charge in [-0.3, -0.25) is 4.79 Å². The number of likely N-dealkylation sites (tertiary alicyclic amines) is 1. The number of H-pyrrole nitrogens is 1. The lowest BCUT2D eigenvalue weighted by Gasteiger charge is -2.33. The number of ether oxygens (including phenoxy) is 1. The Hall–Kier alpha value is -3.14. The third-order valence-electron chi connectivity index (χ3n) is 7.77. The van der Waals surface area contributed by atoms with Gasteiger partial charge in [-0.05, 0) is 80.7 Å². The molecular formula is C27H28F4N4O2. The number of nitrogens with zero attached hydrogens (tertiary/aromatic N) is 2. The third-order valence-corrected chi connectivity index (χ3v) is 7.77. The minimum atomic E-state index is -4.78. The Morgan fingerprint density at radius 3 is 2.46 bits per heavy atom. The fourth-order valence-electron chi connectivity index (χ4n) is 5.86. The second kappa shape index (κ2) is 9.31. The number of alkyl halides is 3. The van der Waals surface area contributed by atoms with E-state index in [1.165, 1.54) is 36.7 Å². The smallest absolute Gasteiger partial charge is 0.406 e. The summed E-state index contributed by atoms with van der Waals surface area (Å²) in [6, 6.07) is 5.94. The van der Waals surface area contributed by atoms with Crippen LogP contribution < -0.4 is 10.1 Å². The van der Waals surface area contributed by atoms with Gasteiger partial charge in [0.1, 0.15) is 17.2 Å². The van der Waals surface area contributed by atoms with Crippen LogP contribution in [0.5, 0.6) is 5.75 Å². The van der Waals surface area contributed by atoms with Crippen molar-refractivity contribution in [1.29, 1.82) is 0 Å². The van der Waals surface area contributed by atoms with Gasteiger partial charge < -0.3 is 19.9 Å². The standard InChI is InChI=1S/C27H28F4N4O2/c28-21-14-32-25-24(20-13-18(33-17-3-4-17)5-8-22(20)34-25)23(21)15-9-11-35(12-10-15)26(36)16-1-6-19(7-2-16)37-27(29,30)31/h1-2,6-7,14-15,17-18,33H,3-5,8-13H2,(H,32,34). The number of carbonyl (C=O) groups excluding carboxylic acids is 1. The second-order valence-corrected chi connectivity index (χ2v) is 10.3. The molecule has 3 heterocycles. The largest absolute Gasteiger partial charge is 0.573 e. The lowest BCUT2D eigenvalue weighted by atomic mass is 9.84. The number of amides is 1. The number of fused-ring (bicyclic) bond motifs is 3. The first-order chi connectivity index (χ1) is 17.7. The van der Waals surface area contributed by atoms with Crippen molar-refractivity contribution in [3.05, 3.63) is 58.7 Å². The summed E-state index contributed by atoms with van der Waals surface area (Å²) in [5, 5.41) is 4.62. The molecule has 2 aliphatic carbocycles. The molecule has 1 saturated carbocycles. The van der Waals surface area contributed by atoms with Gasteiger partial charge in [-0.15, -0.1) is 13.2 Å². The van der Waals surface area contributed by atoms with Crippen molar-refractivity contribution >= 4 is 16.9 Å². The molecular weight excluding hydrogens is 488 g/mol. The number of hydrogen-bond acceptors (Lipinski definition) is 4. The predicted octanol–water partition coefficient (Wildman–Crippen LogP) is 5.23. The first kappa shape index (κ1) is 24.2. The molecule has 1 atom stereocenters. The zero-order chi connectivity index (χ0) is 25.7. The van der Waals surface area contributed by atoms with Crippen LogP contribution in [0, 0.1) is 5.82 Å². The maximum atomic E-state index is 15.3. The Balaban J connectivity index is 1.18. The highest BCUT2D eigenvalue weighted by atomic mass is 19.4. The molecule has 196 valence electrons. The van der Waals surface area contributed by atoms with Crippen molar-refractivity contribution in [2.75, 3.05) is 13.1 Å². The topological polar surface area (TPSA) is 70.2 Å². The molecule has 37 heavy (non-hydrogen) atoms. The summed E-state index contributed by atoms with van der Waals surface area (Å²) < 4.78 is 56.4. The van der Waals surface area contributed by atoms with Crippen LogP contribution in [0.15, 0.2) is 30.5 Å². The van der Waals surface area contributed by atoms with Crippen LogP contribution >= 0.6 is 0 Å². The SMILES string of the molecule is O=C(c1ccc(OC(F)(F)F)cc1)N1CCC(c2c(F)cnc3[nH]c4c(c23)CC(NC2CC2)CC4)CC1. The number of aryl methyl sites for hydroxylation is 1. The van der Waals surface area contributed by atoms with Crippen LogP contribution in [0.1, 0.15) is 65.2 Å². The number of benzene rings is 1. The van der Waals surface area contributed by atoms with E-state index in [0.717, 1.165) is 48.1 Å². The van der Waals surface area contributed by atoms with E-state index >= 15 is 4.39 Å². The number of rotatable bonds is 5. The van der Waals surface area contributed by atoms with Crippen LogP contribution in [0.25, 0.3) is 11.0 Å². The molecule has 10 heteroatoms. The summed E-state index contributed by atoms with van der Waals surface area (Å²) >= 11 is 0. The summed E-state index contributed by atoms with van der Waals surface area (Å²) in [4.78, 5) is 22.4. The van der Waals surface area contributed by atoms with Gasteiger partial charge in [-0.25, -0.2) is 9.37 Å². The molecule has 2 aromatic heterocycles. The number of carbonyl (C=O) groups is 1. The summed E-state index contributed by atoms with van der Waals surface area (Å²) in [5.74, 6) is -0.986. The average molecular weight is 517 g/mol. The van der Waals surface area contributed by atoms with Crippen LogP contribution in [-0.4, -0.2) is 52.3 Å². The molecule has 0 bridgehead atoms. The number of pyridine rings is 1. The Labute approximate surface area is 211 Å². The highest BCUT2D eigenvalue weighted by Crippen LogP contribution is 2.39. The molecule has 3 aromatic rings. The predicted molar refractivity (Wildman–Crippen MR) is 129 cm³/mol. The molecule has 1 aliphatic heterocycles. The molecule has 0 radical (unpaired) electrons. The van der Waals surface area contributed by atoms with E-state index < -0.39 is 6.36 Å². The van der Waals surface area contributed by atoms with Crippen molar-refractivity contribution in [2.45, 2.75) is 69.3 Å². The van der Waals surface area contributed by atoms with Crippen molar-refractivity contribution < 1.29 is 27.1 Å². The lowest BCUT2D eigenvalue weighted by Crippen LogP contribution is -2.38. The van der Waals surface area contributed by atoms with E-state index in [-0.39, 0.29) is 23.4 Å². The average Bonchev–Trinajstić information content (AvgIpc) is 3.61. The van der Waals surface area contributed by atoms with Crippen molar-refractivity contribution in [2.24, 2.45) is 0 Å². The van der Waals surface area contributed by atoms with Gasteiger partial charge in [0.25, 0.3) is 5.91 Å². The Bertz CT molecular complexity index is 1310. The molecule has 1 aromatic carbocycles. The summed E-state index contributed by atoms with van der Waals surface area (Å²) in [5.41, 5.74) is 4.03. The Kier molecular flexibility index (Phi) is 6.09. The molecule has 6 nitrogen and oxygen atoms in total. The van der Waals surface area contributed by atoms with Crippen LogP contribution in [0.4, 0.5) is 17.6 Å². The van der Waals surface area contributed by atoms with E-state index in [2.05, 4.69) is 20.0 Å². The third kappa shape index (κ3) is 5.03. The zero-order valence-electron chi connectivity index (χ0n) is 20.2. The lowest BCUT2D eigenvalue weighted by molar-refractivity contribution is -0.274. The van der Waals surface area contributed by atoms with E-state index in [1.54, 1.807) is 4.90 Å². The second-order valence-electron chi connectivity index (χ2n) is 10.3. The van der Waals surface area contributed by atoms with Gasteiger partial charge in [-0.2, -0.15) is 0 Å². The minimum absolute atomic E-state index is 0.0474. The number of hydrogen-bond donors (Lipinski definition) is 2. The minimum Gasteiger partial charge on any atom is -0.406 e. The fraction of sp³-hybridized carbons (Fsp3) is 0.481. The van der Waals surface area contributed by atoms with Gasteiger partial charge in [0, 0.05) is 47.4 Å². The molecule has 1 unspecified atom stereocenters. The zero-order valence-corrected chi connectivity index (χ0v) is 20.2. The first-order valence-corrected chi connectivity index (χ1v) is 12.8. The van der Waals surface area contributed by atoms with Crippen molar-refractivity contribution in [3.63, 3.8) is 0 Å². The van der Waals surface area contributed by atoms with Gasteiger partial charge in [0.2, 0.25) is 0 Å². The Morgan fingerprint density at radius 1 is 1.05 bits per heavy atom. The Morgan fingerprint density at radius 2 is 1.78 bits per heavy atom. The maximum Gasteiger partial charge on any atom is 0.573 e. The normalized spacial score (nSPS) is 20.8. The number of halogens is 4. The molecule has 6 rings (SSSR count). The van der Waals surface area contributed by atoms with Crippen LogP contribution in [-0.2, 0) is 12.8 Å². The van der Waals surface area contributed by atoms with Crippen LogP contribution in [0.3, 0.4) is 0 Å². The fourth-order valence-corrected chi connectivity index (χ4v) is 5.86. The van der Waals surface area contributed by atoms with Crippen molar-refractivity contribution in [3.8, 4) is 5.75 Å². The maximum absolute atomic E-state index is 15.3. The molecule has 3 aliphatic rings. The summed E-state index contributed by atoms with van der Waals surface area (Å²) in [7, 11) is 0. The van der Waals surface area contributed by atoms with Crippen LogP contribution in [0.2, 0.25) is 0 Å². The molecule has 0 spiro atoms. The van der Waals surface area contributed by atoms with E-state index in [9.17, 15) is 18.0 Å². The van der Waals surface area contributed by atoms with Crippen molar-refractivity contribution in [1.82, 2.24) is 20.2 Å². The van der Waals surface area contributed by atoms with E-state index in [1.807, 2.05) is 0 Å². The number of nitrogens with one attached hydrogen (secondary N) is 2. The number of aromatic amines is 1. The van der Waals surface area contributed by atoms with E-state index in [0.29, 0.717) is 49.1 Å². The van der Waals surface area contributed by atoms with Gasteiger partial charge in [0.05, 0.1) is 6.20 Å². The highest BCUT2D eigenvalue weighted by molar-refractivity contribution is 5.94. The van der Waals surface area contributed by atoms with Gasteiger partial charge in [-0.1, -0.05) is 0 Å². The summed E-state index contributed by atoms with van der Waals surface area (Å²) in [6.07, 6.45) is 2.98. The summed E-state index contributed by atoms with van der Waals surface area (Å²) in [6.45, 7) is 0.873. The number of aromatic nitrogens is 2.